The van der Waals surface area contributed by atoms with Gasteiger partial charge in [0.05, 0.1) is 12.3 Å². The van der Waals surface area contributed by atoms with Gasteiger partial charge in [-0.15, -0.1) is 0 Å². The Balaban J connectivity index is 1.70. The summed E-state index contributed by atoms with van der Waals surface area (Å²) in [6, 6.07) is 25.3. The van der Waals surface area contributed by atoms with Crippen molar-refractivity contribution in [1.82, 2.24) is 0 Å². The summed E-state index contributed by atoms with van der Waals surface area (Å²) in [6.07, 6.45) is 2.06. The monoisotopic (exact) mass is 345 g/mol. The first kappa shape index (κ1) is 17.7. The van der Waals surface area contributed by atoms with Crippen molar-refractivity contribution in [2.75, 3.05) is 11.9 Å². The van der Waals surface area contributed by atoms with E-state index >= 15 is 0 Å². The molecule has 0 aliphatic rings. The highest BCUT2D eigenvalue weighted by atomic mass is 16.5. The molecule has 0 saturated heterocycles. The van der Waals surface area contributed by atoms with E-state index in [0.29, 0.717) is 23.6 Å². The fraction of sp³-hybridized carbons (Fsp3) is 0.174. The van der Waals surface area contributed by atoms with Gasteiger partial charge < -0.3 is 10.1 Å². The van der Waals surface area contributed by atoms with E-state index in [0.717, 1.165) is 24.0 Å². The van der Waals surface area contributed by atoms with Crippen LogP contribution in [0.15, 0.2) is 78.9 Å². The number of benzene rings is 3. The predicted molar refractivity (Wildman–Crippen MR) is 107 cm³/mol. The Labute approximate surface area is 154 Å². The number of amides is 1. The largest absolute Gasteiger partial charge is 0.491 e. The van der Waals surface area contributed by atoms with Crippen molar-refractivity contribution in [2.45, 2.75) is 19.8 Å². The highest BCUT2D eigenvalue weighted by Gasteiger charge is 2.10. The van der Waals surface area contributed by atoms with Crippen molar-refractivity contribution in [3.8, 4) is 16.9 Å². The SMILES string of the molecule is CCCCOc1ccccc1NC(=O)c1ccc(-c2ccccc2)cc1. The Morgan fingerprint density at radius 1 is 0.846 bits per heavy atom. The number of hydrogen-bond acceptors (Lipinski definition) is 2. The average molecular weight is 345 g/mol. The first-order valence-corrected chi connectivity index (χ1v) is 8.96. The minimum atomic E-state index is -0.142. The van der Waals surface area contributed by atoms with E-state index in [1.807, 2.05) is 66.7 Å². The van der Waals surface area contributed by atoms with Gasteiger partial charge in [0.15, 0.2) is 0 Å². The minimum Gasteiger partial charge on any atom is -0.491 e. The molecule has 1 amide bonds. The summed E-state index contributed by atoms with van der Waals surface area (Å²) in [4.78, 5) is 12.6. The lowest BCUT2D eigenvalue weighted by molar-refractivity contribution is 0.102. The smallest absolute Gasteiger partial charge is 0.255 e. The van der Waals surface area contributed by atoms with Crippen LogP contribution < -0.4 is 10.1 Å². The number of carbonyl (C=O) groups is 1. The molecule has 0 aliphatic heterocycles. The van der Waals surface area contributed by atoms with Gasteiger partial charge in [0.2, 0.25) is 0 Å². The quantitative estimate of drug-likeness (QED) is 0.551. The number of unbranched alkanes of at least 4 members (excludes halogenated alkanes) is 1. The van der Waals surface area contributed by atoms with Gasteiger partial charge in [-0.1, -0.05) is 67.9 Å². The molecule has 132 valence electrons. The van der Waals surface area contributed by atoms with Gasteiger partial charge in [-0.05, 0) is 41.8 Å². The van der Waals surface area contributed by atoms with Gasteiger partial charge in [-0.3, -0.25) is 4.79 Å². The average Bonchev–Trinajstić information content (AvgIpc) is 2.70. The zero-order valence-electron chi connectivity index (χ0n) is 14.9. The molecule has 3 aromatic carbocycles. The highest BCUT2D eigenvalue weighted by Crippen LogP contribution is 2.25. The highest BCUT2D eigenvalue weighted by molar-refractivity contribution is 6.05. The van der Waals surface area contributed by atoms with E-state index in [2.05, 4.69) is 24.4 Å². The second-order valence-electron chi connectivity index (χ2n) is 6.10. The molecular formula is C23H23NO2. The standard InChI is InChI=1S/C23H23NO2/c1-2-3-17-26-22-12-8-7-11-21(22)24-23(25)20-15-13-19(14-16-20)18-9-5-4-6-10-18/h4-16H,2-3,17H2,1H3,(H,24,25). The molecule has 0 aliphatic carbocycles. The maximum atomic E-state index is 12.6. The summed E-state index contributed by atoms with van der Waals surface area (Å²) in [7, 11) is 0. The fourth-order valence-electron chi connectivity index (χ4n) is 2.66. The molecule has 3 heteroatoms. The molecular weight excluding hydrogens is 322 g/mol. The van der Waals surface area contributed by atoms with Gasteiger partial charge in [0, 0.05) is 5.56 Å². The van der Waals surface area contributed by atoms with Crippen molar-refractivity contribution >= 4 is 11.6 Å². The number of ether oxygens (including phenoxy) is 1. The van der Waals surface area contributed by atoms with Gasteiger partial charge in [-0.25, -0.2) is 0 Å². The van der Waals surface area contributed by atoms with Crippen molar-refractivity contribution in [3.63, 3.8) is 0 Å². The van der Waals surface area contributed by atoms with Crippen LogP contribution in [-0.4, -0.2) is 12.5 Å². The third kappa shape index (κ3) is 4.51. The summed E-state index contributed by atoms with van der Waals surface area (Å²) in [5, 5.41) is 2.95. The molecule has 0 atom stereocenters. The molecule has 1 N–H and O–H groups in total. The number of carbonyl (C=O) groups excluding carboxylic acids is 1. The lowest BCUT2D eigenvalue weighted by atomic mass is 10.0. The normalized spacial score (nSPS) is 10.3. The number of anilines is 1. The molecule has 0 spiro atoms. The van der Waals surface area contributed by atoms with Crippen molar-refractivity contribution in [2.24, 2.45) is 0 Å². The molecule has 0 fully saturated rings. The van der Waals surface area contributed by atoms with Gasteiger partial charge in [0.1, 0.15) is 5.75 Å². The summed E-state index contributed by atoms with van der Waals surface area (Å²) in [5.74, 6) is 0.561. The Morgan fingerprint density at radius 3 is 2.23 bits per heavy atom. The molecule has 3 aromatic rings. The zero-order chi connectivity index (χ0) is 18.2. The number of rotatable bonds is 7. The predicted octanol–water partition coefficient (Wildman–Crippen LogP) is 5.78. The minimum absolute atomic E-state index is 0.142. The van der Waals surface area contributed by atoms with Gasteiger partial charge in [0.25, 0.3) is 5.91 Å². The molecule has 0 heterocycles. The van der Waals surface area contributed by atoms with Gasteiger partial charge >= 0.3 is 0 Å². The second kappa shape index (κ2) is 8.86. The molecule has 0 bridgehead atoms. The number of hydrogen-bond donors (Lipinski definition) is 1. The zero-order valence-corrected chi connectivity index (χ0v) is 14.9. The van der Waals surface area contributed by atoms with Crippen LogP contribution in [0.5, 0.6) is 5.75 Å². The maximum absolute atomic E-state index is 12.6. The van der Waals surface area contributed by atoms with E-state index in [4.69, 9.17) is 4.74 Å². The van der Waals surface area contributed by atoms with Crippen LogP contribution in [0.25, 0.3) is 11.1 Å². The first-order valence-electron chi connectivity index (χ1n) is 8.96. The van der Waals surface area contributed by atoms with Crippen molar-refractivity contribution < 1.29 is 9.53 Å². The topological polar surface area (TPSA) is 38.3 Å². The van der Waals surface area contributed by atoms with Crippen LogP contribution in [0.1, 0.15) is 30.1 Å². The van der Waals surface area contributed by atoms with E-state index in [-0.39, 0.29) is 5.91 Å². The Kier molecular flexibility index (Phi) is 6.05. The van der Waals surface area contributed by atoms with Crippen LogP contribution >= 0.6 is 0 Å². The number of nitrogens with one attached hydrogen (secondary N) is 1. The lowest BCUT2D eigenvalue weighted by Gasteiger charge is -2.12. The summed E-state index contributed by atoms with van der Waals surface area (Å²) < 4.78 is 5.78. The van der Waals surface area contributed by atoms with Crippen LogP contribution in [0.3, 0.4) is 0 Å². The maximum Gasteiger partial charge on any atom is 0.255 e. The molecule has 0 saturated carbocycles. The van der Waals surface area contributed by atoms with E-state index in [1.54, 1.807) is 0 Å². The third-order valence-electron chi connectivity index (χ3n) is 4.14. The van der Waals surface area contributed by atoms with Crippen molar-refractivity contribution in [3.05, 3.63) is 84.4 Å². The molecule has 3 nitrogen and oxygen atoms in total. The Hall–Kier alpha value is -3.07. The molecule has 0 aromatic heterocycles. The Bertz CT molecular complexity index is 842. The van der Waals surface area contributed by atoms with Crippen LogP contribution in [0.4, 0.5) is 5.69 Å². The van der Waals surface area contributed by atoms with Crippen LogP contribution in [-0.2, 0) is 0 Å². The molecule has 0 unspecified atom stereocenters. The van der Waals surface area contributed by atoms with Gasteiger partial charge in [-0.2, -0.15) is 0 Å². The van der Waals surface area contributed by atoms with E-state index < -0.39 is 0 Å². The van der Waals surface area contributed by atoms with E-state index in [9.17, 15) is 4.79 Å². The fourth-order valence-corrected chi connectivity index (χ4v) is 2.66. The third-order valence-corrected chi connectivity index (χ3v) is 4.14. The summed E-state index contributed by atoms with van der Waals surface area (Å²) in [6.45, 7) is 2.77. The lowest BCUT2D eigenvalue weighted by Crippen LogP contribution is -2.13. The molecule has 3 rings (SSSR count). The number of para-hydroxylation sites is 2. The molecule has 0 radical (unpaired) electrons. The van der Waals surface area contributed by atoms with Crippen LogP contribution in [0.2, 0.25) is 0 Å². The Morgan fingerprint density at radius 2 is 1.50 bits per heavy atom. The van der Waals surface area contributed by atoms with Crippen molar-refractivity contribution in [1.29, 1.82) is 0 Å². The second-order valence-corrected chi connectivity index (χ2v) is 6.10. The van der Waals surface area contributed by atoms with Crippen LogP contribution in [0, 0.1) is 0 Å². The summed E-state index contributed by atoms with van der Waals surface area (Å²) in [5.41, 5.74) is 3.54. The summed E-state index contributed by atoms with van der Waals surface area (Å²) >= 11 is 0. The first-order chi connectivity index (χ1) is 12.8. The molecule has 26 heavy (non-hydrogen) atoms. The van der Waals surface area contributed by atoms with E-state index in [1.165, 1.54) is 0 Å².